The van der Waals surface area contributed by atoms with Crippen LogP contribution in [0.1, 0.15) is 35.3 Å². The van der Waals surface area contributed by atoms with Crippen LogP contribution in [0.25, 0.3) is 0 Å². The van der Waals surface area contributed by atoms with Gasteiger partial charge in [-0.1, -0.05) is 0 Å². The van der Waals surface area contributed by atoms with E-state index in [0.29, 0.717) is 24.5 Å². The molecule has 3 heterocycles. The molecule has 1 unspecified atom stereocenters. The number of rotatable bonds is 6. The van der Waals surface area contributed by atoms with E-state index in [2.05, 4.69) is 11.0 Å². The summed E-state index contributed by atoms with van der Waals surface area (Å²) in [7, 11) is 0. The maximum atomic E-state index is 12.0. The fraction of sp³-hybridized carbons (Fsp3) is 0.476. The molecule has 1 aliphatic heterocycles. The number of nitrogens with zero attached hydrogens (tertiary/aromatic N) is 3. The van der Waals surface area contributed by atoms with E-state index in [4.69, 9.17) is 24.6 Å². The predicted octanol–water partition coefficient (Wildman–Crippen LogP) is 1.74. The van der Waals surface area contributed by atoms with Crippen molar-refractivity contribution in [1.29, 1.82) is 5.26 Å². The summed E-state index contributed by atoms with van der Waals surface area (Å²) in [4.78, 5) is 18.9. The quantitative estimate of drug-likeness (QED) is 0.791. The highest BCUT2D eigenvalue weighted by Gasteiger charge is 2.29. The lowest BCUT2D eigenvalue weighted by Crippen LogP contribution is -2.39. The zero-order valence-electron chi connectivity index (χ0n) is 16.2. The van der Waals surface area contributed by atoms with E-state index in [-0.39, 0.29) is 12.3 Å². The highest BCUT2D eigenvalue weighted by molar-refractivity contribution is 5.79. The molecule has 4 rings (SSSR count). The second kappa shape index (κ2) is 8.53. The van der Waals surface area contributed by atoms with Gasteiger partial charge in [0.1, 0.15) is 23.2 Å². The van der Waals surface area contributed by atoms with E-state index in [1.165, 1.54) is 6.26 Å². The first kappa shape index (κ1) is 19.3. The third-order valence-corrected chi connectivity index (χ3v) is 5.42. The molecule has 2 aromatic rings. The number of amides is 1. The normalized spacial score (nSPS) is 17.3. The van der Waals surface area contributed by atoms with Gasteiger partial charge >= 0.3 is 0 Å². The molecule has 1 saturated heterocycles. The number of carbonyl (C=O) groups is 1. The monoisotopic (exact) mass is 396 g/mol. The number of nitrogens with two attached hydrogens (primary N) is 1. The van der Waals surface area contributed by atoms with Crippen molar-refractivity contribution in [2.75, 3.05) is 31.2 Å². The van der Waals surface area contributed by atoms with Gasteiger partial charge in [-0.2, -0.15) is 10.2 Å². The molecule has 1 atom stereocenters. The van der Waals surface area contributed by atoms with Crippen LogP contribution in [0.2, 0.25) is 0 Å². The molecule has 1 aliphatic carbocycles. The van der Waals surface area contributed by atoms with Crippen molar-refractivity contribution in [1.82, 2.24) is 4.98 Å². The molecule has 0 radical (unpaired) electrons. The third-order valence-electron chi connectivity index (χ3n) is 5.42. The summed E-state index contributed by atoms with van der Waals surface area (Å²) in [5.74, 6) is 0.958. The molecule has 1 fully saturated rings. The number of ether oxygens (including phenoxy) is 2. The Hall–Kier alpha value is -3.05. The molecule has 0 bridgehead atoms. The van der Waals surface area contributed by atoms with Crippen LogP contribution < -0.4 is 15.4 Å². The Balaban J connectivity index is 1.73. The van der Waals surface area contributed by atoms with Gasteiger partial charge in [-0.25, -0.2) is 0 Å². The summed E-state index contributed by atoms with van der Waals surface area (Å²) >= 11 is 0. The van der Waals surface area contributed by atoms with Crippen LogP contribution in [-0.4, -0.2) is 43.3 Å². The smallest absolute Gasteiger partial charge is 0.259 e. The number of fused-ring (bicyclic) bond motifs is 1. The topological polar surface area (TPSA) is 115 Å². The Labute approximate surface area is 169 Å². The van der Waals surface area contributed by atoms with Gasteiger partial charge in [-0.3, -0.25) is 4.79 Å². The summed E-state index contributed by atoms with van der Waals surface area (Å²) < 4.78 is 16.7. The lowest BCUT2D eigenvalue weighted by atomic mass is 9.89. The molecule has 2 N–H and O–H groups in total. The average Bonchev–Trinajstić information content (AvgIpc) is 3.26. The molecular weight excluding hydrogens is 372 g/mol. The van der Waals surface area contributed by atoms with E-state index in [1.807, 2.05) is 0 Å². The van der Waals surface area contributed by atoms with E-state index in [9.17, 15) is 10.1 Å². The van der Waals surface area contributed by atoms with Gasteiger partial charge < -0.3 is 24.5 Å². The molecule has 1 amide bonds. The van der Waals surface area contributed by atoms with Crippen molar-refractivity contribution in [2.24, 2.45) is 5.73 Å². The Morgan fingerprint density at radius 1 is 1.31 bits per heavy atom. The number of carbonyl (C=O) groups excluding carboxylic acids is 1. The fourth-order valence-electron chi connectivity index (χ4n) is 3.96. The van der Waals surface area contributed by atoms with E-state index in [0.717, 1.165) is 55.7 Å². The van der Waals surface area contributed by atoms with Crippen LogP contribution in [0.4, 0.5) is 5.82 Å². The largest absolute Gasteiger partial charge is 0.469 e. The number of hydrogen-bond donors (Lipinski definition) is 1. The van der Waals surface area contributed by atoms with Crippen LogP contribution in [-0.2, 0) is 28.8 Å². The number of primary amides is 1. The fourth-order valence-corrected chi connectivity index (χ4v) is 3.96. The molecule has 152 valence electrons. The predicted molar refractivity (Wildman–Crippen MR) is 105 cm³/mol. The van der Waals surface area contributed by atoms with E-state index in [1.54, 1.807) is 12.1 Å². The summed E-state index contributed by atoms with van der Waals surface area (Å²) in [6, 6.07) is 5.74. The molecule has 2 aromatic heterocycles. The van der Waals surface area contributed by atoms with Crippen molar-refractivity contribution in [3.8, 4) is 11.9 Å². The SMILES string of the molecule is N#Cc1c(OC(Cc2ccco2)C(N)=O)nc(N2CCOCC2)c2c1CCCC2. The number of hydrogen-bond acceptors (Lipinski definition) is 7. The third kappa shape index (κ3) is 4.05. The summed E-state index contributed by atoms with van der Waals surface area (Å²) in [6.45, 7) is 2.73. The molecule has 0 spiro atoms. The number of aromatic nitrogens is 1. The molecule has 8 nitrogen and oxygen atoms in total. The van der Waals surface area contributed by atoms with Crippen molar-refractivity contribution >= 4 is 11.7 Å². The van der Waals surface area contributed by atoms with Gasteiger partial charge in [0.25, 0.3) is 5.91 Å². The van der Waals surface area contributed by atoms with Crippen molar-refractivity contribution in [3.05, 3.63) is 40.8 Å². The van der Waals surface area contributed by atoms with Gasteiger partial charge in [0, 0.05) is 13.1 Å². The van der Waals surface area contributed by atoms with Crippen LogP contribution in [0, 0.1) is 11.3 Å². The van der Waals surface area contributed by atoms with Crippen LogP contribution >= 0.6 is 0 Å². The minimum Gasteiger partial charge on any atom is -0.469 e. The zero-order chi connectivity index (χ0) is 20.2. The summed E-state index contributed by atoms with van der Waals surface area (Å²) in [5.41, 5.74) is 8.07. The number of nitriles is 1. The maximum absolute atomic E-state index is 12.0. The van der Waals surface area contributed by atoms with E-state index >= 15 is 0 Å². The molecule has 8 heteroatoms. The summed E-state index contributed by atoms with van der Waals surface area (Å²) in [5, 5.41) is 9.85. The first-order valence-corrected chi connectivity index (χ1v) is 9.94. The van der Waals surface area contributed by atoms with Crippen molar-refractivity contribution in [3.63, 3.8) is 0 Å². The molecule has 0 saturated carbocycles. The number of anilines is 1. The Morgan fingerprint density at radius 2 is 2.07 bits per heavy atom. The zero-order valence-corrected chi connectivity index (χ0v) is 16.2. The lowest BCUT2D eigenvalue weighted by molar-refractivity contribution is -0.124. The number of morpholine rings is 1. The van der Waals surface area contributed by atoms with Gasteiger partial charge in [-0.15, -0.1) is 0 Å². The highest BCUT2D eigenvalue weighted by Crippen LogP contribution is 2.36. The van der Waals surface area contributed by atoms with E-state index < -0.39 is 12.0 Å². The van der Waals surface area contributed by atoms with Crippen molar-refractivity contribution in [2.45, 2.75) is 38.2 Å². The first-order valence-electron chi connectivity index (χ1n) is 9.94. The second-order valence-electron chi connectivity index (χ2n) is 7.28. The molecule has 0 aromatic carbocycles. The maximum Gasteiger partial charge on any atom is 0.259 e. The minimum atomic E-state index is -0.972. The summed E-state index contributed by atoms with van der Waals surface area (Å²) in [6.07, 6.45) is 4.50. The van der Waals surface area contributed by atoms with Gasteiger partial charge in [0.15, 0.2) is 6.10 Å². The second-order valence-corrected chi connectivity index (χ2v) is 7.28. The Kier molecular flexibility index (Phi) is 5.67. The standard InChI is InChI=1S/C21H24N4O4/c22-13-17-15-5-1-2-6-16(15)20(25-7-10-27-11-8-25)24-21(17)29-18(19(23)26)12-14-4-3-9-28-14/h3-4,9,18H,1-2,5-8,10-12H2,(H2,23,26). The first-order chi connectivity index (χ1) is 14.2. The number of pyridine rings is 1. The Morgan fingerprint density at radius 3 is 2.72 bits per heavy atom. The van der Waals surface area contributed by atoms with Gasteiger partial charge in [-0.05, 0) is 48.9 Å². The Bertz CT molecular complexity index is 914. The van der Waals surface area contributed by atoms with Crippen LogP contribution in [0.5, 0.6) is 5.88 Å². The minimum absolute atomic E-state index is 0.171. The number of furan rings is 1. The van der Waals surface area contributed by atoms with Crippen LogP contribution in [0.15, 0.2) is 22.8 Å². The van der Waals surface area contributed by atoms with Gasteiger partial charge in [0.05, 0.1) is 25.9 Å². The van der Waals surface area contributed by atoms with Crippen molar-refractivity contribution < 1.29 is 18.7 Å². The average molecular weight is 396 g/mol. The molecule has 29 heavy (non-hydrogen) atoms. The highest BCUT2D eigenvalue weighted by atomic mass is 16.5. The van der Waals surface area contributed by atoms with Gasteiger partial charge in [0.2, 0.25) is 5.88 Å². The van der Waals surface area contributed by atoms with Crippen LogP contribution in [0.3, 0.4) is 0 Å². The lowest BCUT2D eigenvalue weighted by Gasteiger charge is -2.32. The molecular formula is C21H24N4O4. The molecule has 2 aliphatic rings.